The second-order valence-electron chi connectivity index (χ2n) is 2.75. The number of aromatic hydroxyl groups is 1. The number of fused-ring (bicyclic) bond motifs is 1. The van der Waals surface area contributed by atoms with Crippen LogP contribution in [0, 0.1) is 11.3 Å². The Morgan fingerprint density at radius 2 is 2.29 bits per heavy atom. The molecule has 14 heavy (non-hydrogen) atoms. The lowest BCUT2D eigenvalue weighted by molar-refractivity contribution is 0.112. The predicted molar refractivity (Wildman–Crippen MR) is 53.6 cm³/mol. The van der Waals surface area contributed by atoms with E-state index >= 15 is 0 Å². The molecule has 2 aromatic rings. The molecule has 0 amide bonds. The van der Waals surface area contributed by atoms with Gasteiger partial charge in [0.2, 0.25) is 0 Å². The van der Waals surface area contributed by atoms with Gasteiger partial charge in [0.25, 0.3) is 0 Å². The lowest BCUT2D eigenvalue weighted by atomic mass is 10.1. The zero-order valence-corrected chi connectivity index (χ0v) is 7.84. The second kappa shape index (κ2) is 3.13. The molecule has 2 rings (SSSR count). The van der Waals surface area contributed by atoms with E-state index in [-0.39, 0.29) is 5.06 Å². The highest BCUT2D eigenvalue weighted by molar-refractivity contribution is 7.20. The molecular weight excluding hydrogens is 198 g/mol. The Hall–Kier alpha value is -1.86. The van der Waals surface area contributed by atoms with Crippen molar-refractivity contribution in [1.29, 1.82) is 5.26 Å². The largest absolute Gasteiger partial charge is 0.499 e. The molecule has 3 nitrogen and oxygen atoms in total. The molecule has 1 N–H and O–H groups in total. The van der Waals surface area contributed by atoms with Crippen LogP contribution in [0.3, 0.4) is 0 Å². The van der Waals surface area contributed by atoms with Gasteiger partial charge in [-0.25, -0.2) is 0 Å². The van der Waals surface area contributed by atoms with E-state index in [1.54, 1.807) is 12.1 Å². The zero-order valence-electron chi connectivity index (χ0n) is 7.02. The first-order valence-corrected chi connectivity index (χ1v) is 4.68. The van der Waals surface area contributed by atoms with Crippen molar-refractivity contribution in [3.05, 3.63) is 29.3 Å². The smallest absolute Gasteiger partial charge is 0.172 e. The predicted octanol–water partition coefficient (Wildman–Crippen LogP) is 2.29. The van der Waals surface area contributed by atoms with Crippen molar-refractivity contribution in [3.63, 3.8) is 0 Å². The Morgan fingerprint density at radius 3 is 2.93 bits per heavy atom. The summed E-state index contributed by atoms with van der Waals surface area (Å²) in [6, 6.07) is 6.76. The molecule has 0 fully saturated rings. The molecular formula is C10H5NO2S. The van der Waals surface area contributed by atoms with Crippen molar-refractivity contribution < 1.29 is 9.90 Å². The highest BCUT2D eigenvalue weighted by Gasteiger charge is 2.09. The third-order valence-corrected chi connectivity index (χ3v) is 2.87. The molecule has 0 saturated heterocycles. The fourth-order valence-electron chi connectivity index (χ4n) is 1.34. The van der Waals surface area contributed by atoms with Crippen LogP contribution in [0.1, 0.15) is 15.9 Å². The van der Waals surface area contributed by atoms with E-state index in [9.17, 15) is 9.90 Å². The lowest BCUT2D eigenvalue weighted by Gasteiger charge is -1.95. The standard InChI is InChI=1S/C10H5NO2S/c11-4-6-1-2-9-7(8(6)5-12)3-10(13)14-9/h1-3,5,13H. The summed E-state index contributed by atoms with van der Waals surface area (Å²) in [5.74, 6) is 0. The van der Waals surface area contributed by atoms with Crippen LogP contribution < -0.4 is 0 Å². The van der Waals surface area contributed by atoms with E-state index in [0.717, 1.165) is 4.70 Å². The molecule has 0 saturated carbocycles. The maximum Gasteiger partial charge on any atom is 0.172 e. The van der Waals surface area contributed by atoms with Crippen LogP contribution in [-0.2, 0) is 0 Å². The Balaban J connectivity index is 2.91. The van der Waals surface area contributed by atoms with Crippen LogP contribution in [0.25, 0.3) is 10.1 Å². The van der Waals surface area contributed by atoms with Crippen molar-refractivity contribution >= 4 is 27.7 Å². The van der Waals surface area contributed by atoms with Crippen LogP contribution in [0.5, 0.6) is 5.06 Å². The first-order chi connectivity index (χ1) is 6.76. The van der Waals surface area contributed by atoms with Gasteiger partial charge < -0.3 is 5.11 Å². The average molecular weight is 203 g/mol. The molecule has 1 heterocycles. The van der Waals surface area contributed by atoms with Crippen molar-refractivity contribution in [2.45, 2.75) is 0 Å². The Labute approximate surface area is 83.8 Å². The lowest BCUT2D eigenvalue weighted by Crippen LogP contribution is -1.86. The van der Waals surface area contributed by atoms with E-state index in [0.29, 0.717) is 22.8 Å². The first-order valence-electron chi connectivity index (χ1n) is 3.87. The number of hydrogen-bond acceptors (Lipinski definition) is 4. The fourth-order valence-corrected chi connectivity index (χ4v) is 2.16. The van der Waals surface area contributed by atoms with Crippen LogP contribution in [0.2, 0.25) is 0 Å². The van der Waals surface area contributed by atoms with Crippen LogP contribution in [0.4, 0.5) is 0 Å². The molecule has 0 aliphatic heterocycles. The minimum atomic E-state index is 0.151. The number of carbonyl (C=O) groups is 1. The quantitative estimate of drug-likeness (QED) is 0.723. The molecule has 1 aromatic heterocycles. The van der Waals surface area contributed by atoms with E-state index in [2.05, 4.69) is 0 Å². The molecule has 0 radical (unpaired) electrons. The number of hydrogen-bond donors (Lipinski definition) is 1. The summed E-state index contributed by atoms with van der Waals surface area (Å²) in [4.78, 5) is 10.8. The highest BCUT2D eigenvalue weighted by Crippen LogP contribution is 2.33. The number of aldehydes is 1. The number of nitriles is 1. The SMILES string of the molecule is N#Cc1ccc2sc(O)cc2c1C=O. The van der Waals surface area contributed by atoms with E-state index in [4.69, 9.17) is 5.26 Å². The summed E-state index contributed by atoms with van der Waals surface area (Å²) < 4.78 is 0.809. The topological polar surface area (TPSA) is 61.1 Å². The summed E-state index contributed by atoms with van der Waals surface area (Å²) in [5, 5.41) is 18.8. The summed E-state index contributed by atoms with van der Waals surface area (Å²) >= 11 is 1.19. The van der Waals surface area contributed by atoms with Gasteiger partial charge in [0, 0.05) is 21.7 Å². The van der Waals surface area contributed by atoms with Crippen LogP contribution >= 0.6 is 11.3 Å². The number of nitrogens with zero attached hydrogens (tertiary/aromatic N) is 1. The van der Waals surface area contributed by atoms with Crippen molar-refractivity contribution in [1.82, 2.24) is 0 Å². The van der Waals surface area contributed by atoms with Gasteiger partial charge in [-0.05, 0) is 12.1 Å². The van der Waals surface area contributed by atoms with Crippen molar-refractivity contribution in [2.24, 2.45) is 0 Å². The molecule has 0 aliphatic rings. The Morgan fingerprint density at radius 1 is 1.50 bits per heavy atom. The van der Waals surface area contributed by atoms with E-state index < -0.39 is 0 Å². The highest BCUT2D eigenvalue weighted by atomic mass is 32.1. The summed E-state index contributed by atoms with van der Waals surface area (Å²) in [6.45, 7) is 0. The molecule has 1 aromatic carbocycles. The first kappa shape index (κ1) is 8.73. The number of rotatable bonds is 1. The second-order valence-corrected chi connectivity index (χ2v) is 3.82. The minimum Gasteiger partial charge on any atom is -0.499 e. The van der Waals surface area contributed by atoms with Crippen molar-refractivity contribution in [3.8, 4) is 11.1 Å². The van der Waals surface area contributed by atoms with E-state index in [1.165, 1.54) is 17.4 Å². The molecule has 0 atom stereocenters. The number of carbonyl (C=O) groups excluding carboxylic acids is 1. The molecule has 0 bridgehead atoms. The monoisotopic (exact) mass is 203 g/mol. The number of benzene rings is 1. The van der Waals surface area contributed by atoms with Gasteiger partial charge in [-0.3, -0.25) is 4.79 Å². The maximum absolute atomic E-state index is 10.8. The zero-order chi connectivity index (χ0) is 10.1. The van der Waals surface area contributed by atoms with Gasteiger partial charge in [-0.1, -0.05) is 11.3 Å². The van der Waals surface area contributed by atoms with Crippen LogP contribution in [0.15, 0.2) is 18.2 Å². The Kier molecular flexibility index (Phi) is 1.95. The van der Waals surface area contributed by atoms with Gasteiger partial charge in [0.15, 0.2) is 11.3 Å². The van der Waals surface area contributed by atoms with Crippen LogP contribution in [-0.4, -0.2) is 11.4 Å². The summed E-state index contributed by atoms with van der Waals surface area (Å²) in [5.41, 5.74) is 0.687. The Bertz CT molecular complexity index is 551. The van der Waals surface area contributed by atoms with Gasteiger partial charge in [0.05, 0.1) is 11.6 Å². The molecule has 0 spiro atoms. The van der Waals surface area contributed by atoms with E-state index in [1.807, 2.05) is 6.07 Å². The molecule has 4 heteroatoms. The minimum absolute atomic E-state index is 0.151. The van der Waals surface area contributed by atoms with Gasteiger partial charge in [-0.2, -0.15) is 5.26 Å². The van der Waals surface area contributed by atoms with Gasteiger partial charge in [0.1, 0.15) is 0 Å². The summed E-state index contributed by atoms with van der Waals surface area (Å²) in [7, 11) is 0. The molecule has 68 valence electrons. The van der Waals surface area contributed by atoms with Gasteiger partial charge in [-0.15, -0.1) is 0 Å². The third-order valence-electron chi connectivity index (χ3n) is 1.97. The third kappa shape index (κ3) is 1.15. The normalized spacial score (nSPS) is 9.93. The molecule has 0 aliphatic carbocycles. The maximum atomic E-state index is 10.8. The fraction of sp³-hybridized carbons (Fsp3) is 0. The van der Waals surface area contributed by atoms with Gasteiger partial charge >= 0.3 is 0 Å². The number of thiophene rings is 1. The van der Waals surface area contributed by atoms with Crippen molar-refractivity contribution in [2.75, 3.05) is 0 Å². The average Bonchev–Trinajstić information content (AvgIpc) is 2.56. The molecule has 0 unspecified atom stereocenters. The summed E-state index contributed by atoms with van der Waals surface area (Å²) in [6.07, 6.45) is 0.646.